The number of pyridine rings is 1. The van der Waals surface area contributed by atoms with Gasteiger partial charge in [-0.1, -0.05) is 62.2 Å². The van der Waals surface area contributed by atoms with E-state index < -0.39 is 0 Å². The molecular formula is C24H17Br2NO2. The highest BCUT2D eigenvalue weighted by atomic mass is 79.9. The first-order valence-electron chi connectivity index (χ1n) is 8.95. The van der Waals surface area contributed by atoms with Crippen LogP contribution < -0.4 is 4.74 Å². The van der Waals surface area contributed by atoms with E-state index in [1.54, 1.807) is 13.2 Å². The molecule has 4 aromatic rings. The number of nitrogens with zero attached hydrogens (tertiary/aromatic N) is 1. The highest BCUT2D eigenvalue weighted by Crippen LogP contribution is 2.35. The van der Waals surface area contributed by atoms with Gasteiger partial charge < -0.3 is 9.84 Å². The van der Waals surface area contributed by atoms with Crippen molar-refractivity contribution in [2.24, 2.45) is 0 Å². The Hall–Kier alpha value is -2.63. The summed E-state index contributed by atoms with van der Waals surface area (Å²) in [5, 5.41) is 9.96. The van der Waals surface area contributed by atoms with Crippen molar-refractivity contribution in [3.8, 4) is 45.1 Å². The molecule has 0 fully saturated rings. The first kappa shape index (κ1) is 19.7. The number of ether oxygens (including phenoxy) is 1. The molecule has 1 N–H and O–H groups in total. The molecule has 0 radical (unpaired) electrons. The Balaban J connectivity index is 1.93. The van der Waals surface area contributed by atoms with E-state index in [9.17, 15) is 5.11 Å². The molecule has 144 valence electrons. The Labute approximate surface area is 186 Å². The summed E-state index contributed by atoms with van der Waals surface area (Å²) in [7, 11) is 1.55. The van der Waals surface area contributed by atoms with Crippen molar-refractivity contribution in [1.82, 2.24) is 4.98 Å². The molecule has 0 aliphatic carbocycles. The van der Waals surface area contributed by atoms with Crippen molar-refractivity contribution >= 4 is 31.9 Å². The summed E-state index contributed by atoms with van der Waals surface area (Å²) >= 11 is 7.09. The van der Waals surface area contributed by atoms with Crippen LogP contribution in [-0.4, -0.2) is 17.2 Å². The van der Waals surface area contributed by atoms with Gasteiger partial charge in [0.25, 0.3) is 0 Å². The van der Waals surface area contributed by atoms with Crippen molar-refractivity contribution in [2.45, 2.75) is 0 Å². The zero-order chi connectivity index (χ0) is 20.4. The summed E-state index contributed by atoms with van der Waals surface area (Å²) in [6.07, 6.45) is 0. The third-order valence-corrected chi connectivity index (χ3v) is 5.57. The molecule has 4 rings (SSSR count). The predicted octanol–water partition coefficient (Wildman–Crippen LogP) is 7.32. The molecule has 0 saturated heterocycles. The number of aromatic nitrogens is 1. The summed E-state index contributed by atoms with van der Waals surface area (Å²) in [6.45, 7) is 0. The molecule has 0 spiro atoms. The van der Waals surface area contributed by atoms with Crippen LogP contribution in [0.1, 0.15) is 0 Å². The number of rotatable bonds is 4. The lowest BCUT2D eigenvalue weighted by molar-refractivity contribution is 0.373. The van der Waals surface area contributed by atoms with Gasteiger partial charge in [-0.15, -0.1) is 0 Å². The average Bonchev–Trinajstić information content (AvgIpc) is 2.74. The van der Waals surface area contributed by atoms with Crippen LogP contribution in [0.3, 0.4) is 0 Å². The van der Waals surface area contributed by atoms with Crippen molar-refractivity contribution in [3.05, 3.63) is 87.8 Å². The molecule has 0 aliphatic rings. The lowest BCUT2D eigenvalue weighted by Crippen LogP contribution is -1.92. The number of phenolic OH excluding ortho intramolecular Hbond substituents is 1. The van der Waals surface area contributed by atoms with Gasteiger partial charge in [-0.25, -0.2) is 4.98 Å². The lowest BCUT2D eigenvalue weighted by atomic mass is 9.99. The number of halogens is 2. The van der Waals surface area contributed by atoms with E-state index in [0.29, 0.717) is 5.75 Å². The standard InChI is InChI=1S/C24H17Br2NO2/c1-29-24-14-15(8-9-23(24)28)18-12-21(16-4-2-6-19(25)10-16)27-22(13-18)17-5-3-7-20(26)11-17/h2-14,28H,1H3. The van der Waals surface area contributed by atoms with Crippen molar-refractivity contribution in [2.75, 3.05) is 7.11 Å². The van der Waals surface area contributed by atoms with E-state index in [-0.39, 0.29) is 5.75 Å². The number of methoxy groups -OCH3 is 1. The summed E-state index contributed by atoms with van der Waals surface area (Å²) < 4.78 is 7.29. The molecular weight excluding hydrogens is 494 g/mol. The molecule has 5 heteroatoms. The Morgan fingerprint density at radius 1 is 0.690 bits per heavy atom. The summed E-state index contributed by atoms with van der Waals surface area (Å²) in [4.78, 5) is 4.92. The SMILES string of the molecule is COc1cc(-c2cc(-c3cccc(Br)c3)nc(-c3cccc(Br)c3)c2)ccc1O. The van der Waals surface area contributed by atoms with Crippen LogP contribution in [-0.2, 0) is 0 Å². The van der Waals surface area contributed by atoms with Crippen LogP contribution in [0, 0.1) is 0 Å². The average molecular weight is 511 g/mol. The predicted molar refractivity (Wildman–Crippen MR) is 124 cm³/mol. The fourth-order valence-electron chi connectivity index (χ4n) is 3.15. The number of benzene rings is 3. The molecule has 0 bridgehead atoms. The maximum Gasteiger partial charge on any atom is 0.161 e. The van der Waals surface area contributed by atoms with Gasteiger partial charge in [0, 0.05) is 20.1 Å². The normalized spacial score (nSPS) is 10.7. The first-order valence-corrected chi connectivity index (χ1v) is 10.5. The lowest BCUT2D eigenvalue weighted by Gasteiger charge is -2.12. The second-order valence-electron chi connectivity index (χ2n) is 6.53. The summed E-state index contributed by atoms with van der Waals surface area (Å²) in [5.41, 5.74) is 5.70. The van der Waals surface area contributed by atoms with Crippen LogP contribution in [0.15, 0.2) is 87.8 Å². The Morgan fingerprint density at radius 2 is 1.28 bits per heavy atom. The third kappa shape index (κ3) is 4.36. The number of hydrogen-bond acceptors (Lipinski definition) is 3. The third-order valence-electron chi connectivity index (χ3n) is 4.58. The highest BCUT2D eigenvalue weighted by Gasteiger charge is 2.11. The van der Waals surface area contributed by atoms with Crippen molar-refractivity contribution < 1.29 is 9.84 Å². The zero-order valence-corrected chi connectivity index (χ0v) is 18.7. The molecule has 0 aliphatic heterocycles. The van der Waals surface area contributed by atoms with Gasteiger partial charge in [0.2, 0.25) is 0 Å². The smallest absolute Gasteiger partial charge is 0.161 e. The summed E-state index contributed by atoms with van der Waals surface area (Å²) in [6, 6.07) is 25.6. The van der Waals surface area contributed by atoms with Gasteiger partial charge in [0.05, 0.1) is 18.5 Å². The Kier molecular flexibility index (Phi) is 5.69. The largest absolute Gasteiger partial charge is 0.504 e. The van der Waals surface area contributed by atoms with Gasteiger partial charge in [-0.05, 0) is 59.7 Å². The minimum Gasteiger partial charge on any atom is -0.504 e. The number of phenols is 1. The molecule has 3 aromatic carbocycles. The monoisotopic (exact) mass is 509 g/mol. The Morgan fingerprint density at radius 3 is 1.79 bits per heavy atom. The van der Waals surface area contributed by atoms with E-state index in [4.69, 9.17) is 9.72 Å². The molecule has 1 aromatic heterocycles. The molecule has 1 heterocycles. The van der Waals surface area contributed by atoms with Crippen molar-refractivity contribution in [3.63, 3.8) is 0 Å². The van der Waals surface area contributed by atoms with Gasteiger partial charge in [-0.2, -0.15) is 0 Å². The highest BCUT2D eigenvalue weighted by molar-refractivity contribution is 9.10. The van der Waals surface area contributed by atoms with Crippen LogP contribution in [0.5, 0.6) is 11.5 Å². The van der Waals surface area contributed by atoms with E-state index in [2.05, 4.69) is 44.0 Å². The van der Waals surface area contributed by atoms with Gasteiger partial charge >= 0.3 is 0 Å². The first-order chi connectivity index (χ1) is 14.0. The fraction of sp³-hybridized carbons (Fsp3) is 0.0417. The Bertz CT molecular complexity index is 1130. The van der Waals surface area contributed by atoms with Crippen LogP contribution in [0.25, 0.3) is 33.6 Å². The minimum absolute atomic E-state index is 0.115. The second kappa shape index (κ2) is 8.39. The fourth-order valence-corrected chi connectivity index (χ4v) is 3.94. The summed E-state index contributed by atoms with van der Waals surface area (Å²) in [5.74, 6) is 0.553. The molecule has 0 atom stereocenters. The van der Waals surface area contributed by atoms with Gasteiger partial charge in [0.15, 0.2) is 11.5 Å². The quantitative estimate of drug-likeness (QED) is 0.312. The molecule has 0 amide bonds. The maximum atomic E-state index is 9.96. The minimum atomic E-state index is 0.115. The number of hydrogen-bond donors (Lipinski definition) is 1. The van der Waals surface area contributed by atoms with E-state index >= 15 is 0 Å². The van der Waals surface area contributed by atoms with Crippen LogP contribution in [0.4, 0.5) is 0 Å². The topological polar surface area (TPSA) is 42.4 Å². The second-order valence-corrected chi connectivity index (χ2v) is 8.36. The van der Waals surface area contributed by atoms with E-state index in [1.165, 1.54) is 0 Å². The van der Waals surface area contributed by atoms with Gasteiger partial charge in [-0.3, -0.25) is 0 Å². The number of aromatic hydroxyl groups is 1. The maximum absolute atomic E-state index is 9.96. The molecule has 29 heavy (non-hydrogen) atoms. The van der Waals surface area contributed by atoms with E-state index in [1.807, 2.05) is 60.7 Å². The van der Waals surface area contributed by atoms with Gasteiger partial charge in [0.1, 0.15) is 0 Å². The molecule has 3 nitrogen and oxygen atoms in total. The zero-order valence-electron chi connectivity index (χ0n) is 15.6. The van der Waals surface area contributed by atoms with Crippen LogP contribution >= 0.6 is 31.9 Å². The molecule has 0 unspecified atom stereocenters. The van der Waals surface area contributed by atoms with Crippen molar-refractivity contribution in [1.29, 1.82) is 0 Å². The van der Waals surface area contributed by atoms with Crippen LogP contribution in [0.2, 0.25) is 0 Å². The van der Waals surface area contributed by atoms with E-state index in [0.717, 1.165) is 42.6 Å². The molecule has 0 saturated carbocycles.